The highest BCUT2D eigenvalue weighted by molar-refractivity contribution is 7.89. The molecule has 0 aliphatic carbocycles. The number of benzene rings is 1. The summed E-state index contributed by atoms with van der Waals surface area (Å²) in [5.41, 5.74) is 0. The van der Waals surface area contributed by atoms with E-state index in [4.69, 9.17) is 16.3 Å². The Bertz CT molecular complexity index is 715. The first-order chi connectivity index (χ1) is 11.8. The number of amides is 1. The van der Waals surface area contributed by atoms with Gasteiger partial charge in [-0.25, -0.2) is 8.42 Å². The number of piperidine rings is 1. The lowest BCUT2D eigenvalue weighted by molar-refractivity contribution is -0.134. The van der Waals surface area contributed by atoms with Crippen molar-refractivity contribution in [1.82, 2.24) is 9.62 Å². The minimum absolute atomic E-state index is 0.00962. The summed E-state index contributed by atoms with van der Waals surface area (Å²) >= 11 is 6.03. The summed E-state index contributed by atoms with van der Waals surface area (Å²) in [5.74, 6) is 0.0567. The highest BCUT2D eigenvalue weighted by atomic mass is 35.5. The monoisotopic (exact) mass is 388 g/mol. The molecule has 0 bridgehead atoms. The van der Waals surface area contributed by atoms with Crippen molar-refractivity contribution in [3.63, 3.8) is 0 Å². The van der Waals surface area contributed by atoms with Gasteiger partial charge in [-0.15, -0.1) is 0 Å². The van der Waals surface area contributed by atoms with Crippen molar-refractivity contribution in [1.29, 1.82) is 0 Å². The van der Waals surface area contributed by atoms with Crippen molar-refractivity contribution < 1.29 is 17.9 Å². The molecule has 1 amide bonds. The van der Waals surface area contributed by atoms with Crippen molar-refractivity contribution in [2.24, 2.45) is 5.92 Å². The van der Waals surface area contributed by atoms with Gasteiger partial charge in [0.1, 0.15) is 11.8 Å². The molecule has 1 N–H and O–H groups in total. The van der Waals surface area contributed by atoms with Gasteiger partial charge in [-0.1, -0.05) is 25.4 Å². The number of halogens is 1. The summed E-state index contributed by atoms with van der Waals surface area (Å²) < 4.78 is 33.0. The number of hydrogen-bond donors (Lipinski definition) is 1. The fourth-order valence-electron chi connectivity index (χ4n) is 2.83. The van der Waals surface area contributed by atoms with Crippen LogP contribution in [0.15, 0.2) is 23.1 Å². The number of sulfonamides is 1. The largest absolute Gasteiger partial charge is 0.495 e. The van der Waals surface area contributed by atoms with E-state index in [-0.39, 0.29) is 21.7 Å². The van der Waals surface area contributed by atoms with E-state index < -0.39 is 16.1 Å². The van der Waals surface area contributed by atoms with Crippen LogP contribution in [-0.4, -0.2) is 45.5 Å². The maximum Gasteiger partial charge on any atom is 0.241 e. The zero-order valence-electron chi connectivity index (χ0n) is 14.8. The Labute approximate surface area is 154 Å². The van der Waals surface area contributed by atoms with Crippen LogP contribution in [0, 0.1) is 5.92 Å². The van der Waals surface area contributed by atoms with Crippen molar-refractivity contribution in [2.75, 3.05) is 20.2 Å². The first kappa shape index (κ1) is 20.0. The number of likely N-dealkylation sites (tertiary alicyclic amines) is 1. The molecule has 1 aliphatic rings. The Balaban J connectivity index is 2.22. The second-order valence-corrected chi connectivity index (χ2v) is 8.65. The molecular weight excluding hydrogens is 364 g/mol. The standard InChI is InChI=1S/C17H25ClN2O4S/c1-12(2)16(17(21)20-9-5-4-6-10-20)19-25(22,23)13-7-8-15(24-3)14(18)11-13/h7-8,11-12,16,19H,4-6,9-10H2,1-3H3/t16-/m1/s1. The highest BCUT2D eigenvalue weighted by Crippen LogP contribution is 2.27. The number of ether oxygens (including phenoxy) is 1. The van der Waals surface area contributed by atoms with Gasteiger partial charge < -0.3 is 9.64 Å². The van der Waals surface area contributed by atoms with Gasteiger partial charge in [-0.3, -0.25) is 4.79 Å². The maximum absolute atomic E-state index is 12.8. The number of methoxy groups -OCH3 is 1. The van der Waals surface area contributed by atoms with E-state index in [1.165, 1.54) is 25.3 Å². The molecule has 1 aromatic carbocycles. The normalized spacial score (nSPS) is 16.8. The number of rotatable bonds is 6. The lowest BCUT2D eigenvalue weighted by atomic mass is 10.0. The Kier molecular flexibility index (Phi) is 6.71. The van der Waals surface area contributed by atoms with Crippen LogP contribution in [0.4, 0.5) is 0 Å². The molecule has 0 aromatic heterocycles. The third-order valence-electron chi connectivity index (χ3n) is 4.32. The first-order valence-electron chi connectivity index (χ1n) is 8.41. The molecule has 2 rings (SSSR count). The van der Waals surface area contributed by atoms with E-state index in [0.717, 1.165) is 19.3 Å². The molecule has 0 saturated carbocycles. The van der Waals surface area contributed by atoms with Crippen molar-refractivity contribution in [2.45, 2.75) is 44.0 Å². The third-order valence-corrected chi connectivity index (χ3v) is 6.05. The molecule has 0 spiro atoms. The molecule has 0 radical (unpaired) electrons. The number of carbonyl (C=O) groups is 1. The van der Waals surface area contributed by atoms with E-state index in [1.54, 1.807) is 4.90 Å². The second kappa shape index (κ2) is 8.38. The number of nitrogens with zero attached hydrogens (tertiary/aromatic N) is 1. The summed E-state index contributed by atoms with van der Waals surface area (Å²) in [6, 6.07) is 3.43. The van der Waals surface area contributed by atoms with Crippen LogP contribution in [0.25, 0.3) is 0 Å². The van der Waals surface area contributed by atoms with Crippen LogP contribution in [0.2, 0.25) is 5.02 Å². The van der Waals surface area contributed by atoms with Gasteiger partial charge in [0, 0.05) is 13.1 Å². The Morgan fingerprint density at radius 3 is 2.40 bits per heavy atom. The zero-order valence-corrected chi connectivity index (χ0v) is 16.4. The van der Waals surface area contributed by atoms with E-state index in [0.29, 0.717) is 18.8 Å². The molecule has 1 saturated heterocycles. The summed E-state index contributed by atoms with van der Waals surface area (Å²) in [6.07, 6.45) is 3.01. The van der Waals surface area contributed by atoms with Gasteiger partial charge in [-0.05, 0) is 43.4 Å². The number of nitrogens with one attached hydrogen (secondary N) is 1. The highest BCUT2D eigenvalue weighted by Gasteiger charge is 2.32. The van der Waals surface area contributed by atoms with Crippen molar-refractivity contribution >= 4 is 27.5 Å². The molecule has 1 aliphatic heterocycles. The van der Waals surface area contributed by atoms with E-state index in [2.05, 4.69) is 4.72 Å². The summed E-state index contributed by atoms with van der Waals surface area (Å²) in [4.78, 5) is 14.5. The first-order valence-corrected chi connectivity index (χ1v) is 10.3. The van der Waals surface area contributed by atoms with Gasteiger partial charge >= 0.3 is 0 Å². The molecule has 1 atom stereocenters. The molecule has 140 valence electrons. The van der Waals surface area contributed by atoms with Crippen LogP contribution in [0.5, 0.6) is 5.75 Å². The lowest BCUT2D eigenvalue weighted by Gasteiger charge is -2.32. The average molecular weight is 389 g/mol. The minimum atomic E-state index is -3.87. The predicted molar refractivity (Wildman–Crippen MR) is 97.4 cm³/mol. The van der Waals surface area contributed by atoms with E-state index in [1.807, 2.05) is 13.8 Å². The van der Waals surface area contributed by atoms with Crippen LogP contribution >= 0.6 is 11.6 Å². The smallest absolute Gasteiger partial charge is 0.241 e. The van der Waals surface area contributed by atoms with Gasteiger partial charge in [0.15, 0.2) is 0 Å². The maximum atomic E-state index is 12.8. The molecular formula is C17H25ClN2O4S. The van der Waals surface area contributed by atoms with Gasteiger partial charge in [0.2, 0.25) is 15.9 Å². The van der Waals surface area contributed by atoms with Crippen LogP contribution in [0.1, 0.15) is 33.1 Å². The Morgan fingerprint density at radius 2 is 1.88 bits per heavy atom. The molecule has 1 heterocycles. The van der Waals surface area contributed by atoms with Gasteiger partial charge in [0.25, 0.3) is 0 Å². The van der Waals surface area contributed by atoms with E-state index >= 15 is 0 Å². The summed E-state index contributed by atoms with van der Waals surface area (Å²) in [5, 5.41) is 0.203. The summed E-state index contributed by atoms with van der Waals surface area (Å²) in [7, 11) is -2.42. The van der Waals surface area contributed by atoms with Crippen LogP contribution in [0.3, 0.4) is 0 Å². The molecule has 0 unspecified atom stereocenters. The average Bonchev–Trinajstić information content (AvgIpc) is 2.59. The Hall–Kier alpha value is -1.31. The van der Waals surface area contributed by atoms with E-state index in [9.17, 15) is 13.2 Å². The fraction of sp³-hybridized carbons (Fsp3) is 0.588. The zero-order chi connectivity index (χ0) is 18.6. The summed E-state index contributed by atoms with van der Waals surface area (Å²) in [6.45, 7) is 5.02. The lowest BCUT2D eigenvalue weighted by Crippen LogP contribution is -2.52. The number of carbonyl (C=O) groups excluding carboxylic acids is 1. The van der Waals surface area contributed by atoms with Crippen LogP contribution in [-0.2, 0) is 14.8 Å². The molecule has 8 heteroatoms. The number of hydrogen-bond acceptors (Lipinski definition) is 4. The minimum Gasteiger partial charge on any atom is -0.495 e. The SMILES string of the molecule is COc1ccc(S(=O)(=O)N[C@@H](C(=O)N2CCCCC2)C(C)C)cc1Cl. The second-order valence-electron chi connectivity index (χ2n) is 6.53. The quantitative estimate of drug-likeness (QED) is 0.812. The van der Waals surface area contributed by atoms with Gasteiger partial charge in [0.05, 0.1) is 17.0 Å². The molecule has 1 fully saturated rings. The third kappa shape index (κ3) is 4.86. The molecule has 25 heavy (non-hydrogen) atoms. The Morgan fingerprint density at radius 1 is 1.24 bits per heavy atom. The predicted octanol–water partition coefficient (Wildman–Crippen LogP) is 2.66. The van der Waals surface area contributed by atoms with Gasteiger partial charge in [-0.2, -0.15) is 4.72 Å². The van der Waals surface area contributed by atoms with Crippen molar-refractivity contribution in [3.05, 3.63) is 23.2 Å². The fourth-order valence-corrected chi connectivity index (χ4v) is 4.52. The topological polar surface area (TPSA) is 75.7 Å². The molecule has 1 aromatic rings. The van der Waals surface area contributed by atoms with Crippen LogP contribution < -0.4 is 9.46 Å². The van der Waals surface area contributed by atoms with Crippen molar-refractivity contribution in [3.8, 4) is 5.75 Å². The molecule has 6 nitrogen and oxygen atoms in total.